The molecule has 1 atom stereocenters. The number of aliphatic hydroxyl groups is 1. The van der Waals surface area contributed by atoms with Gasteiger partial charge in [0.15, 0.2) is 6.23 Å². The van der Waals surface area contributed by atoms with Gasteiger partial charge < -0.3 is 25.8 Å². The van der Waals surface area contributed by atoms with Crippen LogP contribution in [0.15, 0.2) is 60.3 Å². The number of carbonyl (C=O) groups excluding carboxylic acids is 2. The van der Waals surface area contributed by atoms with Gasteiger partial charge in [0.1, 0.15) is 0 Å². The quantitative estimate of drug-likeness (QED) is 0.407. The molecule has 0 fully saturated rings. The van der Waals surface area contributed by atoms with Crippen molar-refractivity contribution in [3.8, 4) is 5.88 Å². The Kier molecular flexibility index (Phi) is 7.02. The number of methoxy groups -OCH3 is 1. The minimum Gasteiger partial charge on any atom is -0.481 e. The number of nitrogens with one attached hydrogen (secondary N) is 3. The summed E-state index contributed by atoms with van der Waals surface area (Å²) >= 11 is 12.4. The van der Waals surface area contributed by atoms with E-state index in [-0.39, 0.29) is 28.7 Å². The number of nitrogens with zero attached hydrogens (tertiary/aromatic N) is 1. The molecule has 0 aliphatic carbocycles. The van der Waals surface area contributed by atoms with Crippen molar-refractivity contribution in [3.63, 3.8) is 0 Å². The lowest BCUT2D eigenvalue weighted by Gasteiger charge is -2.24. The third-order valence-electron chi connectivity index (χ3n) is 5.15. The second kappa shape index (κ2) is 10.1. The highest BCUT2D eigenvalue weighted by molar-refractivity contribution is 6.34. The number of aromatic nitrogens is 1. The summed E-state index contributed by atoms with van der Waals surface area (Å²) in [5.74, 6) is -0.576. The molecule has 2 amide bonds. The largest absolute Gasteiger partial charge is 0.481 e. The molecule has 4 rings (SSSR count). The number of halogens is 2. The highest BCUT2D eigenvalue weighted by Gasteiger charge is 2.25. The Bertz CT molecular complexity index is 1300. The Labute approximate surface area is 205 Å². The van der Waals surface area contributed by atoms with Crippen LogP contribution in [0.25, 0.3) is 6.08 Å². The number of pyridine rings is 1. The molecule has 1 aliphatic rings. The van der Waals surface area contributed by atoms with Crippen LogP contribution in [-0.2, 0) is 11.3 Å². The number of benzene rings is 2. The van der Waals surface area contributed by atoms with Crippen molar-refractivity contribution >= 4 is 52.5 Å². The van der Waals surface area contributed by atoms with Crippen LogP contribution in [0.1, 0.15) is 21.5 Å². The molecule has 34 heavy (non-hydrogen) atoms. The molecule has 8 nitrogen and oxygen atoms in total. The second-order valence-electron chi connectivity index (χ2n) is 7.38. The maximum Gasteiger partial charge on any atom is 0.256 e. The van der Waals surface area contributed by atoms with E-state index in [4.69, 9.17) is 27.9 Å². The molecule has 4 N–H and O–H groups in total. The van der Waals surface area contributed by atoms with Crippen molar-refractivity contribution in [1.29, 1.82) is 0 Å². The fraction of sp³-hybridized carbons (Fsp3) is 0.125. The highest BCUT2D eigenvalue weighted by atomic mass is 35.5. The number of anilines is 2. The molecular formula is C24H20Cl2N4O4. The summed E-state index contributed by atoms with van der Waals surface area (Å²) in [4.78, 5) is 29.6. The van der Waals surface area contributed by atoms with Gasteiger partial charge >= 0.3 is 0 Å². The molecule has 0 saturated heterocycles. The van der Waals surface area contributed by atoms with Crippen LogP contribution in [0, 0.1) is 0 Å². The van der Waals surface area contributed by atoms with Crippen LogP contribution in [0.4, 0.5) is 11.4 Å². The van der Waals surface area contributed by atoms with Gasteiger partial charge in [0, 0.05) is 35.0 Å². The van der Waals surface area contributed by atoms with E-state index in [1.165, 1.54) is 31.5 Å². The molecule has 0 bridgehead atoms. The standard InChI is InChI=1S/C24H20Cl2N4O4/c1-34-21-10-19-15(12-27-21)8-16(23(32)29-19)24(33)30-20-9-13(6-7-18(20)26)22(31)28-11-14-4-2-3-5-17(14)25/h2-10,12,23,29,32H,11H2,1H3,(H,28,31)(H,30,33). The zero-order valence-corrected chi connectivity index (χ0v) is 19.4. The first kappa shape index (κ1) is 23.6. The summed E-state index contributed by atoms with van der Waals surface area (Å²) in [5, 5.41) is 19.5. The van der Waals surface area contributed by atoms with E-state index < -0.39 is 12.1 Å². The van der Waals surface area contributed by atoms with Crippen molar-refractivity contribution < 1.29 is 19.4 Å². The number of aliphatic hydroxyl groups excluding tert-OH is 1. The lowest BCUT2D eigenvalue weighted by atomic mass is 10.0. The van der Waals surface area contributed by atoms with Gasteiger partial charge in [-0.2, -0.15) is 0 Å². The van der Waals surface area contributed by atoms with E-state index in [2.05, 4.69) is 20.9 Å². The normalized spacial score (nSPS) is 14.4. The van der Waals surface area contributed by atoms with Gasteiger partial charge in [-0.05, 0) is 35.9 Å². The van der Waals surface area contributed by atoms with Gasteiger partial charge in [-0.15, -0.1) is 0 Å². The van der Waals surface area contributed by atoms with E-state index in [1.807, 2.05) is 18.2 Å². The summed E-state index contributed by atoms with van der Waals surface area (Å²) in [6, 6.07) is 13.3. The molecule has 2 heterocycles. The van der Waals surface area contributed by atoms with E-state index in [1.54, 1.807) is 18.2 Å². The predicted octanol–water partition coefficient (Wildman–Crippen LogP) is 4.09. The fourth-order valence-electron chi connectivity index (χ4n) is 3.34. The molecule has 1 aromatic heterocycles. The van der Waals surface area contributed by atoms with Gasteiger partial charge in [0.05, 0.1) is 29.1 Å². The molecule has 1 aliphatic heterocycles. The van der Waals surface area contributed by atoms with Crippen molar-refractivity contribution in [1.82, 2.24) is 10.3 Å². The van der Waals surface area contributed by atoms with E-state index in [0.29, 0.717) is 27.7 Å². The Balaban J connectivity index is 1.49. The first-order valence-electron chi connectivity index (χ1n) is 10.2. The molecule has 174 valence electrons. The molecule has 0 saturated carbocycles. The third kappa shape index (κ3) is 5.14. The monoisotopic (exact) mass is 498 g/mol. The van der Waals surface area contributed by atoms with Gasteiger partial charge in [0.2, 0.25) is 5.88 Å². The minimum absolute atomic E-state index is 0.0594. The first-order chi connectivity index (χ1) is 16.4. The fourth-order valence-corrected chi connectivity index (χ4v) is 3.70. The third-order valence-corrected chi connectivity index (χ3v) is 5.85. The summed E-state index contributed by atoms with van der Waals surface area (Å²) in [6.45, 7) is 0.242. The summed E-state index contributed by atoms with van der Waals surface area (Å²) in [5.41, 5.74) is 2.54. The van der Waals surface area contributed by atoms with Gasteiger partial charge in [0.25, 0.3) is 11.8 Å². The molecule has 0 radical (unpaired) electrons. The number of fused-ring (bicyclic) bond motifs is 1. The zero-order valence-electron chi connectivity index (χ0n) is 17.9. The van der Waals surface area contributed by atoms with Gasteiger partial charge in [-0.3, -0.25) is 9.59 Å². The zero-order chi connectivity index (χ0) is 24.2. The summed E-state index contributed by atoms with van der Waals surface area (Å²) in [7, 11) is 1.48. The number of carbonyl (C=O) groups is 2. The van der Waals surface area contributed by atoms with Crippen LogP contribution in [0.5, 0.6) is 5.88 Å². The van der Waals surface area contributed by atoms with Crippen molar-refractivity contribution in [2.75, 3.05) is 17.7 Å². The number of amides is 2. The molecule has 2 aromatic carbocycles. The van der Waals surface area contributed by atoms with Crippen LogP contribution in [0.3, 0.4) is 0 Å². The van der Waals surface area contributed by atoms with Gasteiger partial charge in [-0.1, -0.05) is 41.4 Å². The number of hydrogen-bond acceptors (Lipinski definition) is 6. The molecule has 3 aromatic rings. The second-order valence-corrected chi connectivity index (χ2v) is 8.20. The maximum absolute atomic E-state index is 12.9. The Hall–Kier alpha value is -3.59. The molecule has 1 unspecified atom stereocenters. The molecule has 10 heteroatoms. The minimum atomic E-state index is -1.26. The van der Waals surface area contributed by atoms with Crippen LogP contribution in [-0.4, -0.2) is 35.2 Å². The van der Waals surface area contributed by atoms with Crippen molar-refractivity contribution in [2.24, 2.45) is 0 Å². The average Bonchev–Trinajstić information content (AvgIpc) is 2.83. The summed E-state index contributed by atoms with van der Waals surface area (Å²) < 4.78 is 5.07. The smallest absolute Gasteiger partial charge is 0.256 e. The SMILES string of the molecule is COc1cc2c(cn1)C=C(C(=O)Nc1cc(C(=O)NCc3ccccc3Cl)ccc1Cl)C(O)N2. The van der Waals surface area contributed by atoms with Crippen LogP contribution < -0.4 is 20.7 Å². The lowest BCUT2D eigenvalue weighted by molar-refractivity contribution is -0.113. The average molecular weight is 499 g/mol. The number of hydrogen-bond donors (Lipinski definition) is 4. The summed E-state index contributed by atoms with van der Waals surface area (Å²) in [6.07, 6.45) is 1.78. The lowest BCUT2D eigenvalue weighted by Crippen LogP contribution is -2.32. The van der Waals surface area contributed by atoms with E-state index in [9.17, 15) is 14.7 Å². The number of rotatable bonds is 6. The first-order valence-corrected chi connectivity index (χ1v) is 10.9. The Morgan fingerprint density at radius 1 is 1.12 bits per heavy atom. The number of ether oxygens (including phenoxy) is 1. The topological polar surface area (TPSA) is 113 Å². The van der Waals surface area contributed by atoms with Gasteiger partial charge in [-0.25, -0.2) is 4.98 Å². The van der Waals surface area contributed by atoms with E-state index >= 15 is 0 Å². The van der Waals surface area contributed by atoms with E-state index in [0.717, 1.165) is 5.56 Å². The van der Waals surface area contributed by atoms with Crippen LogP contribution >= 0.6 is 23.2 Å². The van der Waals surface area contributed by atoms with Crippen molar-refractivity contribution in [3.05, 3.63) is 87.0 Å². The van der Waals surface area contributed by atoms with Crippen molar-refractivity contribution in [2.45, 2.75) is 12.8 Å². The highest BCUT2D eigenvalue weighted by Crippen LogP contribution is 2.30. The molecule has 0 spiro atoms. The Morgan fingerprint density at radius 2 is 1.91 bits per heavy atom. The molecular weight excluding hydrogens is 479 g/mol. The van der Waals surface area contributed by atoms with Crippen LogP contribution in [0.2, 0.25) is 10.0 Å². The Morgan fingerprint density at radius 3 is 2.68 bits per heavy atom. The predicted molar refractivity (Wildman–Crippen MR) is 131 cm³/mol. The maximum atomic E-state index is 12.9.